The van der Waals surface area contributed by atoms with Gasteiger partial charge in [0.25, 0.3) is 5.91 Å². The minimum atomic E-state index is -0.968. The zero-order valence-electron chi connectivity index (χ0n) is 11.5. The predicted molar refractivity (Wildman–Crippen MR) is 79.9 cm³/mol. The van der Waals surface area contributed by atoms with Crippen molar-refractivity contribution in [3.63, 3.8) is 0 Å². The van der Waals surface area contributed by atoms with Gasteiger partial charge in [0, 0.05) is 12.3 Å². The molecule has 0 bridgehead atoms. The third-order valence-corrected chi connectivity index (χ3v) is 4.87. The molecule has 21 heavy (non-hydrogen) atoms. The number of carboxylic acids is 1. The van der Waals surface area contributed by atoms with E-state index >= 15 is 0 Å². The number of hydrogen-bond donors (Lipinski definition) is 2. The van der Waals surface area contributed by atoms with Crippen molar-refractivity contribution < 1.29 is 19.4 Å². The quantitative estimate of drug-likeness (QED) is 0.861. The maximum absolute atomic E-state index is 12.8. The number of benzene rings is 1. The summed E-state index contributed by atoms with van der Waals surface area (Å²) >= 11 is 1.47. The third kappa shape index (κ3) is 2.42. The van der Waals surface area contributed by atoms with E-state index in [1.54, 1.807) is 12.1 Å². The van der Waals surface area contributed by atoms with Crippen LogP contribution in [0.15, 0.2) is 18.2 Å². The second-order valence-corrected chi connectivity index (χ2v) is 6.31. The standard InChI is InChI=1S/C14H16N2O4S/c1-8-16(11(7-21-8)14(18)19)13(17)9-3-2-4-10-12(9)20-6-5-15-10/h2-4,8,11,15H,5-7H2,1H3,(H,18,19). The molecule has 112 valence electrons. The summed E-state index contributed by atoms with van der Waals surface area (Å²) in [7, 11) is 0. The lowest BCUT2D eigenvalue weighted by atomic mass is 10.1. The van der Waals surface area contributed by atoms with Crippen molar-refractivity contribution in [2.24, 2.45) is 0 Å². The molecule has 2 heterocycles. The predicted octanol–water partition coefficient (Wildman–Crippen LogP) is 1.48. The topological polar surface area (TPSA) is 78.9 Å². The van der Waals surface area contributed by atoms with Gasteiger partial charge in [0.2, 0.25) is 0 Å². The van der Waals surface area contributed by atoms with Crippen molar-refractivity contribution in [3.8, 4) is 5.75 Å². The van der Waals surface area contributed by atoms with Crippen LogP contribution < -0.4 is 10.1 Å². The molecule has 7 heteroatoms. The Morgan fingerprint density at radius 1 is 1.48 bits per heavy atom. The maximum atomic E-state index is 12.8. The largest absolute Gasteiger partial charge is 0.489 e. The monoisotopic (exact) mass is 308 g/mol. The molecule has 6 nitrogen and oxygen atoms in total. The number of ether oxygens (including phenoxy) is 1. The highest BCUT2D eigenvalue weighted by atomic mass is 32.2. The van der Waals surface area contributed by atoms with Crippen LogP contribution in [0.3, 0.4) is 0 Å². The molecule has 0 aromatic heterocycles. The number of nitrogens with one attached hydrogen (secondary N) is 1. The summed E-state index contributed by atoms with van der Waals surface area (Å²) < 4.78 is 5.60. The van der Waals surface area contributed by atoms with E-state index in [4.69, 9.17) is 4.74 Å². The Labute approximate surface area is 126 Å². The van der Waals surface area contributed by atoms with E-state index in [2.05, 4.69) is 5.32 Å². The Bertz CT molecular complexity index is 592. The molecule has 1 amide bonds. The van der Waals surface area contributed by atoms with Gasteiger partial charge in [-0.25, -0.2) is 4.79 Å². The molecule has 1 saturated heterocycles. The Balaban J connectivity index is 1.96. The van der Waals surface area contributed by atoms with Crippen LogP contribution in [0.5, 0.6) is 5.75 Å². The lowest BCUT2D eigenvalue weighted by Gasteiger charge is -2.27. The Morgan fingerprint density at radius 3 is 3.05 bits per heavy atom. The number of rotatable bonds is 2. The van der Waals surface area contributed by atoms with Crippen LogP contribution in [0.25, 0.3) is 0 Å². The average molecular weight is 308 g/mol. The summed E-state index contributed by atoms with van der Waals surface area (Å²) in [6, 6.07) is 4.52. The number of hydrogen-bond acceptors (Lipinski definition) is 5. The first kappa shape index (κ1) is 14.1. The van der Waals surface area contributed by atoms with Crippen molar-refractivity contribution in [1.82, 2.24) is 4.90 Å². The molecule has 2 atom stereocenters. The van der Waals surface area contributed by atoms with Crippen molar-refractivity contribution in [2.75, 3.05) is 24.2 Å². The van der Waals surface area contributed by atoms with E-state index in [9.17, 15) is 14.7 Å². The molecular weight excluding hydrogens is 292 g/mol. The number of nitrogens with zero attached hydrogens (tertiary/aromatic N) is 1. The molecule has 1 aromatic rings. The number of amides is 1. The lowest BCUT2D eigenvalue weighted by Crippen LogP contribution is -2.45. The van der Waals surface area contributed by atoms with Gasteiger partial charge < -0.3 is 20.1 Å². The molecule has 0 radical (unpaired) electrons. The first-order valence-corrected chi connectivity index (χ1v) is 7.81. The van der Waals surface area contributed by atoms with Crippen molar-refractivity contribution in [2.45, 2.75) is 18.3 Å². The molecule has 2 aliphatic heterocycles. The van der Waals surface area contributed by atoms with Gasteiger partial charge in [-0.15, -0.1) is 11.8 Å². The molecule has 0 spiro atoms. The number of carbonyl (C=O) groups excluding carboxylic acids is 1. The van der Waals surface area contributed by atoms with Gasteiger partial charge in [0.05, 0.1) is 16.6 Å². The fourth-order valence-corrected chi connectivity index (χ4v) is 3.79. The van der Waals surface area contributed by atoms with Crippen molar-refractivity contribution >= 4 is 29.3 Å². The highest BCUT2D eigenvalue weighted by Gasteiger charge is 2.40. The normalized spacial score (nSPS) is 24.0. The number of thioether (sulfide) groups is 1. The summed E-state index contributed by atoms with van der Waals surface area (Å²) in [4.78, 5) is 25.5. The number of fused-ring (bicyclic) bond motifs is 1. The summed E-state index contributed by atoms with van der Waals surface area (Å²) in [6.07, 6.45) is 0. The summed E-state index contributed by atoms with van der Waals surface area (Å²) in [5, 5.41) is 12.3. The van der Waals surface area contributed by atoms with Gasteiger partial charge >= 0.3 is 5.97 Å². The minimum Gasteiger partial charge on any atom is -0.489 e. The lowest BCUT2D eigenvalue weighted by molar-refractivity contribution is -0.141. The first-order valence-electron chi connectivity index (χ1n) is 6.76. The smallest absolute Gasteiger partial charge is 0.327 e. The SMILES string of the molecule is CC1SCC(C(=O)O)N1C(=O)c1cccc2c1OCCN2. The molecule has 2 unspecified atom stereocenters. The van der Waals surface area contributed by atoms with E-state index in [1.807, 2.05) is 13.0 Å². The van der Waals surface area contributed by atoms with Gasteiger partial charge in [-0.05, 0) is 19.1 Å². The van der Waals surface area contributed by atoms with E-state index in [0.717, 1.165) is 5.69 Å². The third-order valence-electron chi connectivity index (χ3n) is 3.65. The van der Waals surface area contributed by atoms with Crippen LogP contribution in [0.2, 0.25) is 0 Å². The van der Waals surface area contributed by atoms with Crippen molar-refractivity contribution in [3.05, 3.63) is 23.8 Å². The summed E-state index contributed by atoms with van der Waals surface area (Å²) in [5.41, 5.74) is 1.19. The molecule has 1 fully saturated rings. The van der Waals surface area contributed by atoms with Crippen molar-refractivity contribution in [1.29, 1.82) is 0 Å². The van der Waals surface area contributed by atoms with Crippen LogP contribution in [-0.4, -0.2) is 52.2 Å². The fourth-order valence-electron chi connectivity index (χ4n) is 2.62. The minimum absolute atomic E-state index is 0.161. The maximum Gasteiger partial charge on any atom is 0.327 e. The first-order chi connectivity index (χ1) is 10.1. The fraction of sp³-hybridized carbons (Fsp3) is 0.429. The highest BCUT2D eigenvalue weighted by Crippen LogP contribution is 2.36. The molecule has 1 aromatic carbocycles. The van der Waals surface area contributed by atoms with Crippen LogP contribution in [0.4, 0.5) is 5.69 Å². The molecule has 2 N–H and O–H groups in total. The zero-order chi connectivity index (χ0) is 15.0. The van der Waals surface area contributed by atoms with Crippen LogP contribution in [0.1, 0.15) is 17.3 Å². The number of carboxylic acid groups (broad SMARTS) is 1. The van der Waals surface area contributed by atoms with Gasteiger partial charge in [0.1, 0.15) is 12.6 Å². The Morgan fingerprint density at radius 2 is 2.29 bits per heavy atom. The van der Waals surface area contributed by atoms with Gasteiger partial charge in [-0.1, -0.05) is 6.07 Å². The Hall–Kier alpha value is -1.89. The summed E-state index contributed by atoms with van der Waals surface area (Å²) in [5.74, 6) is -0.331. The van der Waals surface area contributed by atoms with E-state index < -0.39 is 12.0 Å². The van der Waals surface area contributed by atoms with Gasteiger partial charge in [-0.3, -0.25) is 4.79 Å². The highest BCUT2D eigenvalue weighted by molar-refractivity contribution is 8.00. The number of anilines is 1. The molecule has 2 aliphatic rings. The second kappa shape index (κ2) is 5.48. The van der Waals surface area contributed by atoms with Crippen LogP contribution >= 0.6 is 11.8 Å². The van der Waals surface area contributed by atoms with E-state index in [0.29, 0.717) is 30.2 Å². The van der Waals surface area contributed by atoms with Gasteiger partial charge in [0.15, 0.2) is 5.75 Å². The number of aliphatic carboxylic acids is 1. The number of para-hydroxylation sites is 1. The second-order valence-electron chi connectivity index (χ2n) is 4.96. The number of carbonyl (C=O) groups is 2. The van der Waals surface area contributed by atoms with Crippen LogP contribution in [0, 0.1) is 0 Å². The van der Waals surface area contributed by atoms with E-state index in [1.165, 1.54) is 16.7 Å². The summed E-state index contributed by atoms with van der Waals surface area (Å²) in [6.45, 7) is 3.03. The molecule has 3 rings (SSSR count). The van der Waals surface area contributed by atoms with E-state index in [-0.39, 0.29) is 11.3 Å². The Kier molecular flexibility index (Phi) is 3.67. The molecular formula is C14H16N2O4S. The zero-order valence-corrected chi connectivity index (χ0v) is 12.4. The molecule has 0 saturated carbocycles. The van der Waals surface area contributed by atoms with Gasteiger partial charge in [-0.2, -0.15) is 0 Å². The molecule has 0 aliphatic carbocycles. The van der Waals surface area contributed by atoms with Crippen LogP contribution in [-0.2, 0) is 4.79 Å². The average Bonchev–Trinajstić information content (AvgIpc) is 2.88.